The van der Waals surface area contributed by atoms with Gasteiger partial charge in [-0.2, -0.15) is 0 Å². The molecule has 0 aliphatic heterocycles. The Morgan fingerprint density at radius 2 is 2.00 bits per heavy atom. The second-order valence-corrected chi connectivity index (χ2v) is 5.85. The summed E-state index contributed by atoms with van der Waals surface area (Å²) in [6.07, 6.45) is 1.84. The van der Waals surface area contributed by atoms with Gasteiger partial charge in [-0.3, -0.25) is 4.79 Å². The first kappa shape index (κ1) is 15.6. The predicted octanol–water partition coefficient (Wildman–Crippen LogP) is 0.710. The number of benzene rings is 1. The van der Waals surface area contributed by atoms with Gasteiger partial charge in [-0.05, 0) is 44.0 Å². The highest BCUT2D eigenvalue weighted by molar-refractivity contribution is 7.89. The number of primary sulfonamides is 1. The number of nitrogens with one attached hydrogen (secondary N) is 1. The smallest absolute Gasteiger partial charge is 0.238 e. The molecule has 0 saturated heterocycles. The molecule has 0 radical (unpaired) electrons. The van der Waals surface area contributed by atoms with Gasteiger partial charge >= 0.3 is 0 Å². The Labute approximate surface area is 113 Å². The molecule has 1 aromatic carbocycles. The van der Waals surface area contributed by atoms with Crippen LogP contribution in [0, 0.1) is 6.92 Å². The fraction of sp³-hybridized carbons (Fsp3) is 0.417. The van der Waals surface area contributed by atoms with Crippen molar-refractivity contribution in [2.75, 3.05) is 11.9 Å². The molecular formula is C12H19N3O3S. The topological polar surface area (TPSA) is 115 Å². The average Bonchev–Trinajstić information content (AvgIpc) is 2.30. The molecule has 0 saturated carbocycles. The molecule has 0 aromatic heterocycles. The number of rotatable bonds is 6. The Hall–Kier alpha value is -1.44. The molecule has 0 aliphatic carbocycles. The Morgan fingerprint density at radius 1 is 1.32 bits per heavy atom. The molecule has 0 fully saturated rings. The van der Waals surface area contributed by atoms with Gasteiger partial charge < -0.3 is 11.1 Å². The van der Waals surface area contributed by atoms with Crippen LogP contribution in [-0.4, -0.2) is 20.9 Å². The van der Waals surface area contributed by atoms with Crippen molar-refractivity contribution in [2.45, 2.75) is 31.1 Å². The third-order valence-corrected chi connectivity index (χ3v) is 3.69. The monoisotopic (exact) mass is 285 g/mol. The molecule has 0 unspecified atom stereocenters. The van der Waals surface area contributed by atoms with E-state index in [-0.39, 0.29) is 10.8 Å². The average molecular weight is 285 g/mol. The third-order valence-electron chi connectivity index (χ3n) is 2.64. The van der Waals surface area contributed by atoms with Crippen molar-refractivity contribution in [1.82, 2.24) is 0 Å². The number of amides is 1. The molecule has 0 atom stereocenters. The highest BCUT2D eigenvalue weighted by atomic mass is 32.2. The van der Waals surface area contributed by atoms with Crippen LogP contribution in [0.25, 0.3) is 0 Å². The number of hydrogen-bond donors (Lipinski definition) is 3. The minimum absolute atomic E-state index is 0.0206. The van der Waals surface area contributed by atoms with E-state index in [1.165, 1.54) is 6.07 Å². The summed E-state index contributed by atoms with van der Waals surface area (Å²) < 4.78 is 22.7. The van der Waals surface area contributed by atoms with Gasteiger partial charge in [-0.15, -0.1) is 0 Å². The molecule has 0 bridgehead atoms. The summed E-state index contributed by atoms with van der Waals surface area (Å²) in [4.78, 5) is 11.6. The molecular weight excluding hydrogens is 266 g/mol. The lowest BCUT2D eigenvalue weighted by molar-refractivity contribution is -0.116. The Balaban J connectivity index is 2.78. The molecule has 0 heterocycles. The van der Waals surface area contributed by atoms with Crippen molar-refractivity contribution in [3.8, 4) is 0 Å². The zero-order valence-electron chi connectivity index (χ0n) is 10.8. The zero-order chi connectivity index (χ0) is 14.5. The van der Waals surface area contributed by atoms with Gasteiger partial charge in [0, 0.05) is 12.1 Å². The second-order valence-electron chi connectivity index (χ2n) is 4.32. The summed E-state index contributed by atoms with van der Waals surface area (Å²) in [6.45, 7) is 2.19. The van der Waals surface area contributed by atoms with E-state index in [1.807, 2.05) is 0 Å². The molecule has 106 valence electrons. The molecule has 7 heteroatoms. The Kier molecular flexibility index (Phi) is 5.46. The van der Waals surface area contributed by atoms with E-state index in [9.17, 15) is 13.2 Å². The lowest BCUT2D eigenvalue weighted by atomic mass is 10.2. The SMILES string of the molecule is Cc1ccc(NC(=O)CCCCN)cc1S(N)(=O)=O. The maximum atomic E-state index is 11.6. The molecule has 1 amide bonds. The summed E-state index contributed by atoms with van der Waals surface area (Å²) in [6, 6.07) is 4.62. The van der Waals surface area contributed by atoms with E-state index in [0.717, 1.165) is 6.42 Å². The molecule has 0 spiro atoms. The number of sulfonamides is 1. The van der Waals surface area contributed by atoms with Crippen LogP contribution >= 0.6 is 0 Å². The Bertz CT molecular complexity index is 555. The highest BCUT2D eigenvalue weighted by Gasteiger charge is 2.12. The summed E-state index contributed by atoms with van der Waals surface area (Å²) in [5.74, 6) is -0.169. The Morgan fingerprint density at radius 3 is 2.58 bits per heavy atom. The van der Waals surface area contributed by atoms with Crippen LogP contribution in [0.2, 0.25) is 0 Å². The van der Waals surface area contributed by atoms with Crippen molar-refractivity contribution in [3.63, 3.8) is 0 Å². The van der Waals surface area contributed by atoms with Gasteiger partial charge in [0.2, 0.25) is 15.9 Å². The van der Waals surface area contributed by atoms with Crippen LogP contribution < -0.4 is 16.2 Å². The largest absolute Gasteiger partial charge is 0.330 e. The van der Waals surface area contributed by atoms with Crippen molar-refractivity contribution in [2.24, 2.45) is 10.9 Å². The third kappa shape index (κ3) is 4.98. The summed E-state index contributed by atoms with van der Waals surface area (Å²) in [5.41, 5.74) is 6.31. The van der Waals surface area contributed by atoms with Gasteiger partial charge in [-0.25, -0.2) is 13.6 Å². The van der Waals surface area contributed by atoms with Crippen LogP contribution in [-0.2, 0) is 14.8 Å². The summed E-state index contributed by atoms with van der Waals surface area (Å²) in [7, 11) is -3.78. The first-order chi connectivity index (χ1) is 8.84. The molecule has 0 aliphatic rings. The molecule has 1 aromatic rings. The first-order valence-corrected chi connectivity index (χ1v) is 7.52. The minimum atomic E-state index is -3.78. The van der Waals surface area contributed by atoms with Gasteiger partial charge in [0.05, 0.1) is 4.90 Å². The van der Waals surface area contributed by atoms with Crippen LogP contribution in [0.15, 0.2) is 23.1 Å². The number of aryl methyl sites for hydroxylation is 1. The van der Waals surface area contributed by atoms with Crippen LogP contribution in [0.3, 0.4) is 0 Å². The lowest BCUT2D eigenvalue weighted by Gasteiger charge is -2.08. The maximum absolute atomic E-state index is 11.6. The quantitative estimate of drug-likeness (QED) is 0.667. The van der Waals surface area contributed by atoms with Gasteiger partial charge in [0.15, 0.2) is 0 Å². The molecule has 5 N–H and O–H groups in total. The van der Waals surface area contributed by atoms with Crippen molar-refractivity contribution >= 4 is 21.6 Å². The van der Waals surface area contributed by atoms with E-state index < -0.39 is 10.0 Å². The lowest BCUT2D eigenvalue weighted by Crippen LogP contribution is -2.16. The minimum Gasteiger partial charge on any atom is -0.330 e. The van der Waals surface area contributed by atoms with E-state index in [0.29, 0.717) is 30.6 Å². The highest BCUT2D eigenvalue weighted by Crippen LogP contribution is 2.19. The van der Waals surface area contributed by atoms with E-state index in [2.05, 4.69) is 5.32 Å². The first-order valence-electron chi connectivity index (χ1n) is 5.98. The zero-order valence-corrected chi connectivity index (χ0v) is 11.7. The second kappa shape index (κ2) is 6.65. The standard InChI is InChI=1S/C12H19N3O3S/c1-9-5-6-10(8-11(9)19(14,17)18)15-12(16)4-2-3-7-13/h5-6,8H,2-4,7,13H2,1H3,(H,15,16)(H2,14,17,18). The summed E-state index contributed by atoms with van der Waals surface area (Å²) >= 11 is 0. The van der Waals surface area contributed by atoms with E-state index >= 15 is 0 Å². The van der Waals surface area contributed by atoms with Crippen LogP contribution in [0.4, 0.5) is 5.69 Å². The number of carbonyl (C=O) groups is 1. The normalized spacial score (nSPS) is 11.3. The number of hydrogen-bond acceptors (Lipinski definition) is 4. The number of nitrogens with two attached hydrogens (primary N) is 2. The molecule has 1 rings (SSSR count). The van der Waals surface area contributed by atoms with E-state index in [1.54, 1.807) is 19.1 Å². The molecule has 19 heavy (non-hydrogen) atoms. The van der Waals surface area contributed by atoms with Gasteiger partial charge in [-0.1, -0.05) is 6.07 Å². The van der Waals surface area contributed by atoms with Crippen molar-refractivity contribution < 1.29 is 13.2 Å². The van der Waals surface area contributed by atoms with Crippen molar-refractivity contribution in [1.29, 1.82) is 0 Å². The van der Waals surface area contributed by atoms with Crippen molar-refractivity contribution in [3.05, 3.63) is 23.8 Å². The van der Waals surface area contributed by atoms with Crippen LogP contribution in [0.1, 0.15) is 24.8 Å². The number of carbonyl (C=O) groups excluding carboxylic acids is 1. The fourth-order valence-electron chi connectivity index (χ4n) is 1.64. The van der Waals surface area contributed by atoms with Crippen LogP contribution in [0.5, 0.6) is 0 Å². The fourth-order valence-corrected chi connectivity index (χ4v) is 2.45. The van der Waals surface area contributed by atoms with E-state index in [4.69, 9.17) is 10.9 Å². The predicted molar refractivity (Wildman–Crippen MR) is 74.1 cm³/mol. The number of unbranched alkanes of at least 4 members (excludes halogenated alkanes) is 1. The molecule has 6 nitrogen and oxygen atoms in total. The maximum Gasteiger partial charge on any atom is 0.238 e. The number of anilines is 1. The summed E-state index contributed by atoms with van der Waals surface area (Å²) in [5, 5.41) is 7.74. The van der Waals surface area contributed by atoms with Gasteiger partial charge in [0.1, 0.15) is 0 Å². The van der Waals surface area contributed by atoms with Gasteiger partial charge in [0.25, 0.3) is 0 Å².